The number of ether oxygens (including phenoxy) is 1. The van der Waals surface area contributed by atoms with E-state index in [-0.39, 0.29) is 12.1 Å². The van der Waals surface area contributed by atoms with E-state index in [1.807, 2.05) is 62.4 Å². The minimum absolute atomic E-state index is 0.0561. The average molecular weight is 562 g/mol. The molecule has 1 aliphatic rings. The highest BCUT2D eigenvalue weighted by Gasteiger charge is 2.36. The lowest BCUT2D eigenvalue weighted by molar-refractivity contribution is -0.130. The first-order valence-electron chi connectivity index (χ1n) is 12.3. The van der Waals surface area contributed by atoms with Gasteiger partial charge in [0, 0.05) is 27.2 Å². The second kappa shape index (κ2) is 11.0. The fraction of sp³-hybridized carbons (Fsp3) is 0.167. The molecule has 0 spiro atoms. The third-order valence-corrected chi connectivity index (χ3v) is 7.18. The van der Waals surface area contributed by atoms with Crippen LogP contribution in [0.4, 0.5) is 4.79 Å². The molecule has 7 nitrogen and oxygen atoms in total. The lowest BCUT2D eigenvalue weighted by atomic mass is 10.0. The van der Waals surface area contributed by atoms with Crippen LogP contribution < -0.4 is 10.1 Å². The summed E-state index contributed by atoms with van der Waals surface area (Å²) in [5.74, 6) is -0.828. The van der Waals surface area contributed by atoms with E-state index < -0.39 is 17.8 Å². The van der Waals surface area contributed by atoms with Crippen molar-refractivity contribution in [3.63, 3.8) is 0 Å². The molecule has 39 heavy (non-hydrogen) atoms. The number of nitrogens with zero attached hydrogens (tertiary/aromatic N) is 2. The zero-order valence-electron chi connectivity index (χ0n) is 21.3. The standard InChI is InChI=1S/C30H25Cl2N3O4/c1-18-8-10-26-23(14-18)22(19(2)34(26)12-13-39-27-11-9-21(31)15-25(27)32)16-24-28(36)33-30(38)35(29(24)37)17-20-6-4-3-5-7-20/h3-11,14-16H,12-13,17H2,1-2H3,(H,33,36,38)/b24-16-. The number of urea groups is 1. The van der Waals surface area contributed by atoms with Crippen molar-refractivity contribution in [2.45, 2.75) is 26.9 Å². The number of benzene rings is 3. The van der Waals surface area contributed by atoms with Crippen molar-refractivity contribution in [3.8, 4) is 5.75 Å². The Bertz CT molecular complexity index is 1640. The van der Waals surface area contributed by atoms with E-state index in [2.05, 4.69) is 9.88 Å². The highest BCUT2D eigenvalue weighted by atomic mass is 35.5. The van der Waals surface area contributed by atoms with Crippen LogP contribution in [-0.4, -0.2) is 33.9 Å². The van der Waals surface area contributed by atoms with E-state index in [9.17, 15) is 14.4 Å². The quantitative estimate of drug-likeness (QED) is 0.212. The van der Waals surface area contributed by atoms with Gasteiger partial charge in [0.25, 0.3) is 11.8 Å². The molecule has 1 fully saturated rings. The Balaban J connectivity index is 1.48. The number of hydrogen-bond acceptors (Lipinski definition) is 4. The molecule has 9 heteroatoms. The maximum absolute atomic E-state index is 13.4. The van der Waals surface area contributed by atoms with Crippen LogP contribution in [0.25, 0.3) is 17.0 Å². The zero-order chi connectivity index (χ0) is 27.7. The average Bonchev–Trinajstić information content (AvgIpc) is 3.15. The number of aryl methyl sites for hydroxylation is 1. The third kappa shape index (κ3) is 5.41. The molecule has 0 aliphatic carbocycles. The van der Waals surface area contributed by atoms with Gasteiger partial charge in [-0.25, -0.2) is 4.79 Å². The molecule has 0 radical (unpaired) electrons. The van der Waals surface area contributed by atoms with Gasteiger partial charge in [-0.05, 0) is 55.8 Å². The molecule has 1 aromatic heterocycles. The molecular formula is C30H25Cl2N3O4. The topological polar surface area (TPSA) is 80.6 Å². The molecule has 3 aromatic carbocycles. The predicted molar refractivity (Wildman–Crippen MR) is 152 cm³/mol. The van der Waals surface area contributed by atoms with Gasteiger partial charge in [-0.1, -0.05) is 65.2 Å². The van der Waals surface area contributed by atoms with Crippen LogP contribution in [0.5, 0.6) is 5.75 Å². The van der Waals surface area contributed by atoms with Crippen LogP contribution >= 0.6 is 23.2 Å². The van der Waals surface area contributed by atoms with E-state index in [0.717, 1.165) is 38.2 Å². The SMILES string of the molecule is Cc1ccc2c(c1)c(/C=C1/C(=O)NC(=O)N(Cc3ccccc3)C1=O)c(C)n2CCOc1ccc(Cl)cc1Cl. The monoisotopic (exact) mass is 561 g/mol. The Morgan fingerprint density at radius 2 is 1.72 bits per heavy atom. The van der Waals surface area contributed by atoms with Crippen molar-refractivity contribution >= 4 is 58.0 Å². The third-order valence-electron chi connectivity index (χ3n) is 6.65. The summed E-state index contributed by atoms with van der Waals surface area (Å²) in [7, 11) is 0. The summed E-state index contributed by atoms with van der Waals surface area (Å²) < 4.78 is 7.98. The van der Waals surface area contributed by atoms with Gasteiger partial charge in [-0.2, -0.15) is 0 Å². The molecule has 0 atom stereocenters. The number of hydrogen-bond donors (Lipinski definition) is 1. The number of barbiturate groups is 1. The molecule has 1 aliphatic heterocycles. The molecule has 0 unspecified atom stereocenters. The van der Waals surface area contributed by atoms with Crippen molar-refractivity contribution < 1.29 is 19.1 Å². The first-order chi connectivity index (χ1) is 18.7. The summed E-state index contributed by atoms with van der Waals surface area (Å²) in [6.45, 7) is 4.78. The minimum atomic E-state index is -0.737. The number of aromatic nitrogens is 1. The summed E-state index contributed by atoms with van der Waals surface area (Å²) >= 11 is 12.2. The number of halogens is 2. The van der Waals surface area contributed by atoms with Crippen molar-refractivity contribution in [2.24, 2.45) is 0 Å². The summed E-state index contributed by atoms with van der Waals surface area (Å²) in [5.41, 5.74) is 4.21. The van der Waals surface area contributed by atoms with Gasteiger partial charge in [0.1, 0.15) is 17.9 Å². The molecule has 4 amide bonds. The maximum Gasteiger partial charge on any atom is 0.331 e. The van der Waals surface area contributed by atoms with Gasteiger partial charge in [-0.3, -0.25) is 19.8 Å². The summed E-state index contributed by atoms with van der Waals surface area (Å²) in [6, 6.07) is 19.5. The number of carbonyl (C=O) groups is 3. The highest BCUT2D eigenvalue weighted by Crippen LogP contribution is 2.31. The van der Waals surface area contributed by atoms with E-state index >= 15 is 0 Å². The molecule has 4 aromatic rings. The van der Waals surface area contributed by atoms with Gasteiger partial charge in [-0.15, -0.1) is 0 Å². The number of fused-ring (bicyclic) bond motifs is 1. The van der Waals surface area contributed by atoms with Crippen molar-refractivity contribution in [2.75, 3.05) is 6.61 Å². The zero-order valence-corrected chi connectivity index (χ0v) is 22.8. The number of nitrogens with one attached hydrogen (secondary N) is 1. The maximum atomic E-state index is 13.4. The Kier molecular flexibility index (Phi) is 7.46. The van der Waals surface area contributed by atoms with Gasteiger partial charge >= 0.3 is 6.03 Å². The molecular weight excluding hydrogens is 537 g/mol. The summed E-state index contributed by atoms with van der Waals surface area (Å²) in [4.78, 5) is 39.8. The van der Waals surface area contributed by atoms with Gasteiger partial charge < -0.3 is 9.30 Å². The summed E-state index contributed by atoms with van der Waals surface area (Å²) in [5, 5.41) is 4.14. The fourth-order valence-electron chi connectivity index (χ4n) is 4.68. The van der Waals surface area contributed by atoms with Crippen LogP contribution in [0, 0.1) is 13.8 Å². The van der Waals surface area contributed by atoms with Gasteiger partial charge in [0.05, 0.1) is 18.1 Å². The number of amides is 4. The molecule has 0 saturated carbocycles. The smallest absolute Gasteiger partial charge is 0.331 e. The molecule has 1 N–H and O–H groups in total. The van der Waals surface area contributed by atoms with Crippen molar-refractivity contribution in [1.29, 1.82) is 0 Å². The first-order valence-corrected chi connectivity index (χ1v) is 13.1. The van der Waals surface area contributed by atoms with Gasteiger partial charge in [0.2, 0.25) is 0 Å². The molecule has 2 heterocycles. The minimum Gasteiger partial charge on any atom is -0.490 e. The van der Waals surface area contributed by atoms with E-state index in [0.29, 0.717) is 28.9 Å². The largest absolute Gasteiger partial charge is 0.490 e. The van der Waals surface area contributed by atoms with Crippen molar-refractivity contribution in [3.05, 3.63) is 105 Å². The van der Waals surface area contributed by atoms with Crippen LogP contribution in [0.1, 0.15) is 22.4 Å². The molecule has 0 bridgehead atoms. The molecule has 198 valence electrons. The van der Waals surface area contributed by atoms with Crippen LogP contribution in [0.15, 0.2) is 72.3 Å². The Morgan fingerprint density at radius 3 is 2.46 bits per heavy atom. The second-order valence-electron chi connectivity index (χ2n) is 9.29. The van der Waals surface area contributed by atoms with E-state index in [4.69, 9.17) is 27.9 Å². The normalized spacial score (nSPS) is 14.8. The van der Waals surface area contributed by atoms with Crippen molar-refractivity contribution in [1.82, 2.24) is 14.8 Å². The molecule has 5 rings (SSSR count). The fourth-order valence-corrected chi connectivity index (χ4v) is 5.14. The number of carbonyl (C=O) groups excluding carboxylic acids is 3. The number of rotatable bonds is 7. The number of imide groups is 2. The predicted octanol–water partition coefficient (Wildman–Crippen LogP) is 6.31. The lowest BCUT2D eigenvalue weighted by Crippen LogP contribution is -2.53. The first kappa shape index (κ1) is 26.5. The Labute approximate surface area is 235 Å². The Morgan fingerprint density at radius 1 is 0.949 bits per heavy atom. The highest BCUT2D eigenvalue weighted by molar-refractivity contribution is 6.35. The van der Waals surface area contributed by atoms with Crippen LogP contribution in [0.3, 0.4) is 0 Å². The van der Waals surface area contributed by atoms with E-state index in [1.165, 1.54) is 0 Å². The van der Waals surface area contributed by atoms with Crippen LogP contribution in [-0.2, 0) is 22.7 Å². The second-order valence-corrected chi connectivity index (χ2v) is 10.1. The van der Waals surface area contributed by atoms with E-state index in [1.54, 1.807) is 24.3 Å². The Hall–Kier alpha value is -4.07. The van der Waals surface area contributed by atoms with Crippen LogP contribution in [0.2, 0.25) is 10.0 Å². The summed E-state index contributed by atoms with van der Waals surface area (Å²) in [6.07, 6.45) is 1.58. The lowest BCUT2D eigenvalue weighted by Gasteiger charge is -2.26. The van der Waals surface area contributed by atoms with Gasteiger partial charge in [0.15, 0.2) is 0 Å². The molecule has 1 saturated heterocycles.